The number of sulfonamides is 2. The third-order valence-electron chi connectivity index (χ3n) is 2.48. The molecule has 8 heteroatoms. The number of nitrogens with one attached hydrogen (secondary N) is 1. The molecule has 0 radical (unpaired) electrons. The van der Waals surface area contributed by atoms with E-state index in [0.29, 0.717) is 13.1 Å². The van der Waals surface area contributed by atoms with Gasteiger partial charge in [0.1, 0.15) is 0 Å². The molecule has 0 unspecified atom stereocenters. The van der Waals surface area contributed by atoms with Gasteiger partial charge in [0.15, 0.2) is 0 Å². The number of nitrogens with zero attached hydrogens (tertiary/aromatic N) is 1. The van der Waals surface area contributed by atoms with E-state index in [1.165, 1.54) is 28.6 Å². The topological polar surface area (TPSA) is 83.6 Å². The zero-order valence-electron chi connectivity index (χ0n) is 11.1. The second-order valence-electron chi connectivity index (χ2n) is 3.99. The van der Waals surface area contributed by atoms with Crippen LogP contribution in [0, 0.1) is 0 Å². The van der Waals surface area contributed by atoms with Crippen LogP contribution in [0.4, 0.5) is 5.69 Å². The molecule has 0 bridgehead atoms. The molecular weight excluding hydrogens is 288 g/mol. The summed E-state index contributed by atoms with van der Waals surface area (Å²) in [6.45, 7) is 4.23. The first-order chi connectivity index (χ1) is 8.70. The molecule has 6 nitrogen and oxygen atoms in total. The van der Waals surface area contributed by atoms with Gasteiger partial charge in [-0.2, -0.15) is 4.31 Å². The average Bonchev–Trinajstić information content (AvgIpc) is 2.28. The number of anilines is 1. The number of benzene rings is 1. The maximum atomic E-state index is 12.3. The second-order valence-corrected chi connectivity index (χ2v) is 7.68. The quantitative estimate of drug-likeness (QED) is 0.852. The summed E-state index contributed by atoms with van der Waals surface area (Å²) < 4.78 is 50.4. The molecule has 108 valence electrons. The molecule has 0 aliphatic heterocycles. The molecule has 0 heterocycles. The summed E-state index contributed by atoms with van der Waals surface area (Å²) >= 11 is 0. The van der Waals surface area contributed by atoms with Gasteiger partial charge in [-0.1, -0.05) is 19.9 Å². The average molecular weight is 306 g/mol. The van der Waals surface area contributed by atoms with Gasteiger partial charge in [0, 0.05) is 18.8 Å². The van der Waals surface area contributed by atoms with E-state index in [0.717, 1.165) is 6.26 Å². The van der Waals surface area contributed by atoms with E-state index in [1.54, 1.807) is 13.8 Å². The van der Waals surface area contributed by atoms with Crippen LogP contribution in [0.1, 0.15) is 13.8 Å². The van der Waals surface area contributed by atoms with Crippen LogP contribution in [0.5, 0.6) is 0 Å². The molecule has 0 atom stereocenters. The third-order valence-corrected chi connectivity index (χ3v) is 5.13. The first-order valence-corrected chi connectivity index (χ1v) is 9.12. The minimum Gasteiger partial charge on any atom is -0.284 e. The van der Waals surface area contributed by atoms with Gasteiger partial charge < -0.3 is 0 Å². The van der Waals surface area contributed by atoms with Crippen LogP contribution in [0.15, 0.2) is 29.2 Å². The van der Waals surface area contributed by atoms with Crippen LogP contribution in [0.3, 0.4) is 0 Å². The molecule has 0 spiro atoms. The Balaban J connectivity index is 3.19. The molecule has 0 fully saturated rings. The Kier molecular flexibility index (Phi) is 4.94. The van der Waals surface area contributed by atoms with Crippen LogP contribution in [0.2, 0.25) is 0 Å². The van der Waals surface area contributed by atoms with Crippen LogP contribution in [-0.4, -0.2) is 40.5 Å². The van der Waals surface area contributed by atoms with E-state index in [1.807, 2.05) is 0 Å². The Labute approximate surface area is 114 Å². The lowest BCUT2D eigenvalue weighted by Crippen LogP contribution is -2.30. The van der Waals surface area contributed by atoms with Gasteiger partial charge in [0.25, 0.3) is 0 Å². The highest BCUT2D eigenvalue weighted by Crippen LogP contribution is 2.19. The van der Waals surface area contributed by atoms with Gasteiger partial charge in [0.05, 0.1) is 11.2 Å². The molecule has 0 saturated carbocycles. The fraction of sp³-hybridized carbons (Fsp3) is 0.455. The van der Waals surface area contributed by atoms with Crippen molar-refractivity contribution in [1.82, 2.24) is 4.31 Å². The van der Waals surface area contributed by atoms with Crippen molar-refractivity contribution in [3.8, 4) is 0 Å². The highest BCUT2D eigenvalue weighted by atomic mass is 32.2. The summed E-state index contributed by atoms with van der Waals surface area (Å²) in [6, 6.07) is 5.77. The molecule has 19 heavy (non-hydrogen) atoms. The Hall–Kier alpha value is -1.12. The predicted octanol–water partition coefficient (Wildman–Crippen LogP) is 1.09. The van der Waals surface area contributed by atoms with Crippen LogP contribution < -0.4 is 4.72 Å². The zero-order chi connectivity index (χ0) is 14.7. The normalized spacial score (nSPS) is 12.6. The molecule has 1 N–H and O–H groups in total. The largest absolute Gasteiger partial charge is 0.284 e. The van der Waals surface area contributed by atoms with E-state index in [-0.39, 0.29) is 10.6 Å². The van der Waals surface area contributed by atoms with E-state index in [9.17, 15) is 16.8 Å². The second kappa shape index (κ2) is 5.89. The maximum Gasteiger partial charge on any atom is 0.243 e. The molecular formula is C11H18N2O4S2. The van der Waals surface area contributed by atoms with Gasteiger partial charge >= 0.3 is 0 Å². The van der Waals surface area contributed by atoms with Crippen molar-refractivity contribution in [3.63, 3.8) is 0 Å². The summed E-state index contributed by atoms with van der Waals surface area (Å²) in [5.74, 6) is 0. The lowest BCUT2D eigenvalue weighted by Gasteiger charge is -2.18. The summed E-state index contributed by atoms with van der Waals surface area (Å²) in [6.07, 6.45) is 1.01. The maximum absolute atomic E-state index is 12.3. The lowest BCUT2D eigenvalue weighted by molar-refractivity contribution is 0.445. The van der Waals surface area contributed by atoms with Gasteiger partial charge in [0.2, 0.25) is 20.0 Å². The highest BCUT2D eigenvalue weighted by molar-refractivity contribution is 7.92. The minimum absolute atomic E-state index is 0.0739. The number of hydrogen-bond donors (Lipinski definition) is 1. The van der Waals surface area contributed by atoms with Crippen molar-refractivity contribution >= 4 is 25.7 Å². The molecule has 0 saturated heterocycles. The lowest BCUT2D eigenvalue weighted by atomic mass is 10.3. The number of rotatable bonds is 6. The predicted molar refractivity (Wildman–Crippen MR) is 75.0 cm³/mol. The first kappa shape index (κ1) is 15.9. The molecule has 0 amide bonds. The van der Waals surface area contributed by atoms with Crippen LogP contribution in [-0.2, 0) is 20.0 Å². The van der Waals surface area contributed by atoms with Crippen molar-refractivity contribution in [2.45, 2.75) is 18.7 Å². The summed E-state index contributed by atoms with van der Waals surface area (Å²) in [7, 11) is -7.01. The SMILES string of the molecule is CCN(CC)S(=O)(=O)c1cccc(NS(C)(=O)=O)c1. The van der Waals surface area contributed by atoms with Crippen molar-refractivity contribution in [1.29, 1.82) is 0 Å². The van der Waals surface area contributed by atoms with Gasteiger partial charge in [-0.25, -0.2) is 16.8 Å². The fourth-order valence-electron chi connectivity index (χ4n) is 1.65. The molecule has 1 aromatic carbocycles. The van der Waals surface area contributed by atoms with E-state index >= 15 is 0 Å². The van der Waals surface area contributed by atoms with Crippen molar-refractivity contribution in [3.05, 3.63) is 24.3 Å². The standard InChI is InChI=1S/C11H18N2O4S2/c1-4-13(5-2)19(16,17)11-8-6-7-10(9-11)12-18(3,14)15/h6-9,12H,4-5H2,1-3H3. The van der Waals surface area contributed by atoms with Crippen LogP contribution in [0.25, 0.3) is 0 Å². The Morgan fingerprint density at radius 3 is 2.16 bits per heavy atom. The third kappa shape index (κ3) is 4.19. The molecule has 1 aromatic rings. The van der Waals surface area contributed by atoms with E-state index in [4.69, 9.17) is 0 Å². The van der Waals surface area contributed by atoms with Crippen molar-refractivity contribution in [2.24, 2.45) is 0 Å². The Morgan fingerprint density at radius 1 is 1.11 bits per heavy atom. The van der Waals surface area contributed by atoms with Crippen molar-refractivity contribution in [2.75, 3.05) is 24.1 Å². The van der Waals surface area contributed by atoms with E-state index in [2.05, 4.69) is 4.72 Å². The van der Waals surface area contributed by atoms with Gasteiger partial charge in [-0.15, -0.1) is 0 Å². The van der Waals surface area contributed by atoms with Crippen molar-refractivity contribution < 1.29 is 16.8 Å². The monoisotopic (exact) mass is 306 g/mol. The molecule has 1 rings (SSSR count). The van der Waals surface area contributed by atoms with Gasteiger partial charge in [-0.05, 0) is 18.2 Å². The highest BCUT2D eigenvalue weighted by Gasteiger charge is 2.21. The van der Waals surface area contributed by atoms with Gasteiger partial charge in [-0.3, -0.25) is 4.72 Å². The minimum atomic E-state index is -3.58. The summed E-state index contributed by atoms with van der Waals surface area (Å²) in [5.41, 5.74) is 0.232. The first-order valence-electron chi connectivity index (χ1n) is 5.78. The molecule has 0 aliphatic carbocycles. The fourth-order valence-corrected chi connectivity index (χ4v) is 3.71. The summed E-state index contributed by atoms with van der Waals surface area (Å²) in [4.78, 5) is 0.0739. The Morgan fingerprint density at radius 2 is 1.68 bits per heavy atom. The van der Waals surface area contributed by atoms with Crippen LogP contribution >= 0.6 is 0 Å². The molecule has 0 aromatic heterocycles. The Bertz CT molecular complexity index is 634. The summed E-state index contributed by atoms with van der Waals surface area (Å²) in [5, 5.41) is 0. The van der Waals surface area contributed by atoms with E-state index < -0.39 is 20.0 Å². The smallest absolute Gasteiger partial charge is 0.243 e. The number of hydrogen-bond acceptors (Lipinski definition) is 4. The molecule has 0 aliphatic rings. The zero-order valence-corrected chi connectivity index (χ0v) is 12.8.